The number of rotatable bonds is 17. The molecule has 0 radical (unpaired) electrons. The van der Waals surface area contributed by atoms with E-state index in [2.05, 4.69) is 42.9 Å². The molecule has 152 valence electrons. The fourth-order valence-corrected chi connectivity index (χ4v) is 3.52. The van der Waals surface area contributed by atoms with Crippen LogP contribution >= 0.6 is 0 Å². The van der Waals surface area contributed by atoms with Gasteiger partial charge in [-0.1, -0.05) is 96.8 Å². The molecule has 0 aromatic carbocycles. The topological polar surface area (TPSA) is 3.88 Å². The lowest BCUT2D eigenvalue weighted by Crippen LogP contribution is -3.00. The maximum atomic E-state index is 2.32. The Morgan fingerprint density at radius 2 is 0.923 bits per heavy atom. The van der Waals surface area contributed by atoms with Gasteiger partial charge in [-0.3, -0.25) is 0 Å². The summed E-state index contributed by atoms with van der Waals surface area (Å²) in [5.41, 5.74) is 1.35. The second-order valence-corrected chi connectivity index (χ2v) is 7.92. The minimum absolute atomic E-state index is 0. The van der Waals surface area contributed by atoms with Crippen LogP contribution in [-0.2, 0) is 6.54 Å². The second kappa shape index (κ2) is 19.2. The number of nitrogens with zero attached hydrogens (tertiary/aromatic N) is 1. The van der Waals surface area contributed by atoms with Crippen molar-refractivity contribution in [2.24, 2.45) is 0 Å². The summed E-state index contributed by atoms with van der Waals surface area (Å²) >= 11 is 0. The molecule has 0 amide bonds. The van der Waals surface area contributed by atoms with Crippen LogP contribution < -0.4 is 17.0 Å². The molecule has 26 heavy (non-hydrogen) atoms. The van der Waals surface area contributed by atoms with Gasteiger partial charge < -0.3 is 12.4 Å². The second-order valence-electron chi connectivity index (χ2n) is 7.92. The first-order chi connectivity index (χ1) is 12.3. The molecule has 1 aromatic heterocycles. The first-order valence-corrected chi connectivity index (χ1v) is 11.3. The lowest BCUT2D eigenvalue weighted by atomic mass is 10.0. The largest absolute Gasteiger partial charge is 1.00 e. The monoisotopic (exact) mass is 381 g/mol. The molecule has 0 bridgehead atoms. The molecule has 0 N–H and O–H groups in total. The van der Waals surface area contributed by atoms with Crippen LogP contribution in [-0.4, -0.2) is 0 Å². The van der Waals surface area contributed by atoms with Crippen LogP contribution in [0.3, 0.4) is 0 Å². The van der Waals surface area contributed by atoms with E-state index in [4.69, 9.17) is 0 Å². The zero-order chi connectivity index (χ0) is 18.0. The van der Waals surface area contributed by atoms with Crippen molar-refractivity contribution in [3.63, 3.8) is 0 Å². The number of halogens is 1. The van der Waals surface area contributed by atoms with Crippen LogP contribution in [0.2, 0.25) is 0 Å². The van der Waals surface area contributed by atoms with E-state index in [9.17, 15) is 0 Å². The van der Waals surface area contributed by atoms with E-state index in [1.165, 1.54) is 115 Å². The predicted molar refractivity (Wildman–Crippen MR) is 111 cm³/mol. The van der Waals surface area contributed by atoms with Gasteiger partial charge >= 0.3 is 0 Å². The molecular formula is C24H44ClN. The van der Waals surface area contributed by atoms with Crippen molar-refractivity contribution in [3.05, 3.63) is 30.1 Å². The Bertz CT molecular complexity index is 388. The summed E-state index contributed by atoms with van der Waals surface area (Å²) in [4.78, 5) is 0. The highest BCUT2D eigenvalue weighted by atomic mass is 35.5. The highest BCUT2D eigenvalue weighted by Gasteiger charge is 1.99. The quantitative estimate of drug-likeness (QED) is 0.275. The van der Waals surface area contributed by atoms with Crippen molar-refractivity contribution >= 4 is 0 Å². The fourth-order valence-electron chi connectivity index (χ4n) is 3.52. The van der Waals surface area contributed by atoms with Crippen LogP contribution in [0.15, 0.2) is 24.5 Å². The molecule has 2 heteroatoms. The molecule has 0 aliphatic rings. The Balaban J connectivity index is 0.00000625. The molecule has 0 aliphatic carbocycles. The first kappa shape index (κ1) is 25.4. The van der Waals surface area contributed by atoms with Gasteiger partial charge in [0.15, 0.2) is 12.4 Å². The van der Waals surface area contributed by atoms with Crippen LogP contribution in [0.5, 0.6) is 0 Å². The minimum atomic E-state index is 0. The van der Waals surface area contributed by atoms with E-state index in [0.29, 0.717) is 0 Å². The Hall–Kier alpha value is -0.560. The summed E-state index contributed by atoms with van der Waals surface area (Å²) in [6.45, 7) is 5.63. The zero-order valence-corrected chi connectivity index (χ0v) is 18.4. The van der Waals surface area contributed by atoms with Crippen LogP contribution in [0, 0.1) is 6.92 Å². The Morgan fingerprint density at radius 3 is 1.31 bits per heavy atom. The van der Waals surface area contributed by atoms with Crippen molar-refractivity contribution in [3.8, 4) is 0 Å². The first-order valence-electron chi connectivity index (χ1n) is 11.3. The molecule has 1 heterocycles. The molecular weight excluding hydrogens is 338 g/mol. The van der Waals surface area contributed by atoms with Gasteiger partial charge in [0.2, 0.25) is 0 Å². The van der Waals surface area contributed by atoms with E-state index in [0.717, 1.165) is 0 Å². The van der Waals surface area contributed by atoms with Crippen LogP contribution in [0.1, 0.15) is 115 Å². The number of unbranched alkanes of at least 4 members (excludes halogenated alkanes) is 15. The molecule has 1 rings (SSSR count). The molecule has 1 aromatic rings. The van der Waals surface area contributed by atoms with Gasteiger partial charge in [-0.05, 0) is 18.9 Å². The van der Waals surface area contributed by atoms with E-state index < -0.39 is 0 Å². The zero-order valence-electron chi connectivity index (χ0n) is 17.7. The smallest absolute Gasteiger partial charge is 0.169 e. The summed E-state index contributed by atoms with van der Waals surface area (Å²) < 4.78 is 2.32. The lowest BCUT2D eigenvalue weighted by Gasteiger charge is -2.03. The van der Waals surface area contributed by atoms with E-state index >= 15 is 0 Å². The van der Waals surface area contributed by atoms with Crippen molar-refractivity contribution in [2.45, 2.75) is 123 Å². The van der Waals surface area contributed by atoms with Crippen molar-refractivity contribution in [2.75, 3.05) is 0 Å². The third kappa shape index (κ3) is 15.7. The maximum Gasteiger partial charge on any atom is 0.169 e. The van der Waals surface area contributed by atoms with Gasteiger partial charge in [0.1, 0.15) is 6.54 Å². The van der Waals surface area contributed by atoms with Gasteiger partial charge in [0.25, 0.3) is 0 Å². The highest BCUT2D eigenvalue weighted by molar-refractivity contribution is 5.03. The third-order valence-electron chi connectivity index (χ3n) is 5.33. The number of hydrogen-bond acceptors (Lipinski definition) is 0. The van der Waals surface area contributed by atoms with E-state index in [1.807, 2.05) is 0 Å². The molecule has 0 atom stereocenters. The average Bonchev–Trinajstić information content (AvgIpc) is 2.63. The van der Waals surface area contributed by atoms with Gasteiger partial charge in [0, 0.05) is 18.6 Å². The maximum absolute atomic E-state index is 2.32. The van der Waals surface area contributed by atoms with E-state index in [1.54, 1.807) is 0 Å². The molecule has 0 saturated heterocycles. The van der Waals surface area contributed by atoms with Gasteiger partial charge in [-0.25, -0.2) is 4.57 Å². The summed E-state index contributed by atoms with van der Waals surface area (Å²) in [6, 6.07) is 4.40. The predicted octanol–water partition coefficient (Wildman–Crippen LogP) is 4.55. The molecule has 0 aliphatic heterocycles. The molecule has 1 nitrogen and oxygen atoms in total. The summed E-state index contributed by atoms with van der Waals surface area (Å²) in [5, 5.41) is 0. The normalized spacial score (nSPS) is 10.7. The van der Waals surface area contributed by atoms with Gasteiger partial charge in [-0.15, -0.1) is 0 Å². The van der Waals surface area contributed by atoms with Gasteiger partial charge in [0.05, 0.1) is 0 Å². The van der Waals surface area contributed by atoms with Crippen LogP contribution in [0.4, 0.5) is 0 Å². The van der Waals surface area contributed by atoms with Crippen molar-refractivity contribution in [1.29, 1.82) is 0 Å². The third-order valence-corrected chi connectivity index (χ3v) is 5.33. The fraction of sp³-hybridized carbons (Fsp3) is 0.792. The Morgan fingerprint density at radius 1 is 0.577 bits per heavy atom. The standard InChI is InChI=1S/C24H44N.ClH/c1-3-4-5-6-7-8-9-10-11-12-13-14-15-16-17-18-21-25-22-19-24(2)20-23-25;/h19-20,22-23H,3-18,21H2,1-2H3;1H/q+1;/p-1. The summed E-state index contributed by atoms with van der Waals surface area (Å²) in [5.74, 6) is 0. The molecule has 0 saturated carbocycles. The van der Waals surface area contributed by atoms with Crippen molar-refractivity contribution in [1.82, 2.24) is 0 Å². The van der Waals surface area contributed by atoms with Gasteiger partial charge in [-0.2, -0.15) is 0 Å². The van der Waals surface area contributed by atoms with E-state index in [-0.39, 0.29) is 12.4 Å². The number of aromatic nitrogens is 1. The average molecular weight is 382 g/mol. The summed E-state index contributed by atoms with van der Waals surface area (Å²) in [7, 11) is 0. The minimum Gasteiger partial charge on any atom is -1.00 e. The lowest BCUT2D eigenvalue weighted by molar-refractivity contribution is -0.697. The molecule has 0 unspecified atom stereocenters. The van der Waals surface area contributed by atoms with Crippen molar-refractivity contribution < 1.29 is 17.0 Å². The van der Waals surface area contributed by atoms with Crippen LogP contribution in [0.25, 0.3) is 0 Å². The summed E-state index contributed by atoms with van der Waals surface area (Å²) in [6.07, 6.45) is 27.5. The molecule has 0 fully saturated rings. The number of pyridine rings is 1. The number of aryl methyl sites for hydroxylation is 2. The molecule has 0 spiro atoms. The highest BCUT2D eigenvalue weighted by Crippen LogP contribution is 2.13. The SMILES string of the molecule is CCCCCCCCCCCCCCCCCC[n+]1ccc(C)cc1.[Cl-]. The Labute approximate surface area is 170 Å². The number of hydrogen-bond donors (Lipinski definition) is 0. The Kier molecular flexibility index (Phi) is 18.8.